The van der Waals surface area contributed by atoms with Crippen LogP contribution in [0, 0.1) is 6.92 Å². The average Bonchev–Trinajstić information content (AvgIpc) is 3.27. The van der Waals surface area contributed by atoms with E-state index in [1.165, 1.54) is 40.4 Å². The van der Waals surface area contributed by atoms with Crippen LogP contribution in [0.4, 0.5) is 0 Å². The Balaban J connectivity index is 1.61. The van der Waals surface area contributed by atoms with Gasteiger partial charge in [-0.25, -0.2) is 9.97 Å². The molecule has 1 aliphatic rings. The molecule has 130 valence electrons. The van der Waals surface area contributed by atoms with Gasteiger partial charge in [0.2, 0.25) is 5.16 Å². The van der Waals surface area contributed by atoms with Crippen LogP contribution in [0.25, 0.3) is 15.9 Å². The summed E-state index contributed by atoms with van der Waals surface area (Å²) < 4.78 is 1.78. The van der Waals surface area contributed by atoms with Crippen molar-refractivity contribution in [3.05, 3.63) is 46.6 Å². The number of hydrogen-bond donors (Lipinski definition) is 0. The minimum atomic E-state index is 0.718. The molecule has 0 amide bonds. The van der Waals surface area contributed by atoms with Crippen LogP contribution in [0.15, 0.2) is 40.8 Å². The number of aryl methyl sites for hydroxylation is 3. The molecule has 1 aromatic carbocycles. The van der Waals surface area contributed by atoms with E-state index in [1.54, 1.807) is 22.3 Å². The molecule has 0 N–H and O–H groups in total. The van der Waals surface area contributed by atoms with Gasteiger partial charge in [-0.1, -0.05) is 18.2 Å². The molecule has 6 nitrogen and oxygen atoms in total. The first-order chi connectivity index (χ1) is 12.8. The van der Waals surface area contributed by atoms with Crippen LogP contribution in [-0.2, 0) is 12.8 Å². The Morgan fingerprint density at radius 1 is 1.12 bits per heavy atom. The second kappa shape index (κ2) is 6.44. The smallest absolute Gasteiger partial charge is 0.220 e. The summed E-state index contributed by atoms with van der Waals surface area (Å²) >= 11 is 3.32. The van der Waals surface area contributed by atoms with E-state index in [0.717, 1.165) is 39.1 Å². The first kappa shape index (κ1) is 15.9. The van der Waals surface area contributed by atoms with Crippen molar-refractivity contribution in [1.29, 1.82) is 0 Å². The van der Waals surface area contributed by atoms with Gasteiger partial charge in [0.25, 0.3) is 0 Å². The van der Waals surface area contributed by atoms with E-state index in [2.05, 4.69) is 38.5 Å². The zero-order valence-corrected chi connectivity index (χ0v) is 15.8. The fraction of sp³-hybridized carbons (Fsp3) is 0.278. The minimum Gasteiger partial charge on any atom is -0.229 e. The Morgan fingerprint density at radius 2 is 2.00 bits per heavy atom. The third-order valence-electron chi connectivity index (χ3n) is 4.69. The van der Waals surface area contributed by atoms with Crippen molar-refractivity contribution in [3.63, 3.8) is 0 Å². The summed E-state index contributed by atoms with van der Waals surface area (Å²) in [6, 6.07) is 8.10. The predicted molar refractivity (Wildman–Crippen MR) is 102 cm³/mol. The highest BCUT2D eigenvalue weighted by Gasteiger charge is 2.22. The highest BCUT2D eigenvalue weighted by molar-refractivity contribution is 7.99. The molecule has 3 aromatic heterocycles. The third-order valence-corrected chi connectivity index (χ3v) is 6.83. The Kier molecular flexibility index (Phi) is 3.94. The molecular formula is C18H16N6S2. The molecule has 0 saturated heterocycles. The maximum atomic E-state index is 4.57. The second-order valence-corrected chi connectivity index (χ2v) is 8.37. The van der Waals surface area contributed by atoms with Gasteiger partial charge in [0.1, 0.15) is 16.2 Å². The number of nitrogens with zero attached hydrogens (tertiary/aromatic N) is 6. The van der Waals surface area contributed by atoms with Crippen molar-refractivity contribution in [2.75, 3.05) is 0 Å². The quantitative estimate of drug-likeness (QED) is 0.500. The maximum Gasteiger partial charge on any atom is 0.220 e. The molecule has 4 aromatic rings. The Morgan fingerprint density at radius 3 is 2.92 bits per heavy atom. The molecule has 0 unspecified atom stereocenters. The summed E-state index contributed by atoms with van der Waals surface area (Å²) in [5.41, 5.74) is 3.54. The molecule has 5 rings (SSSR count). The molecule has 0 fully saturated rings. The molecule has 8 heteroatoms. The van der Waals surface area contributed by atoms with Gasteiger partial charge in [0.15, 0.2) is 0 Å². The molecule has 0 radical (unpaired) electrons. The van der Waals surface area contributed by atoms with E-state index in [9.17, 15) is 0 Å². The van der Waals surface area contributed by atoms with Crippen LogP contribution >= 0.6 is 23.1 Å². The largest absolute Gasteiger partial charge is 0.229 e. The van der Waals surface area contributed by atoms with Crippen molar-refractivity contribution < 1.29 is 0 Å². The number of rotatable bonds is 3. The summed E-state index contributed by atoms with van der Waals surface area (Å²) in [5, 5.41) is 15.2. The second-order valence-electron chi connectivity index (χ2n) is 6.33. The molecule has 1 aliphatic carbocycles. The normalized spacial score (nSPS) is 13.9. The molecule has 0 atom stereocenters. The number of fused-ring (bicyclic) bond motifs is 3. The van der Waals surface area contributed by atoms with Gasteiger partial charge in [0.05, 0.1) is 5.69 Å². The standard InChI is InChI=1S/C18H16N6S2/c1-11-6-2-4-8-13(11)24-18(21-22-23-24)26-17-15-12-7-3-5-9-14(12)25-16(15)19-10-20-17/h2,4,6,8,10H,3,5,7,9H2,1H3. The minimum absolute atomic E-state index is 0.718. The number of thiophene rings is 1. The number of para-hydroxylation sites is 1. The predicted octanol–water partition coefficient (Wildman–Crippen LogP) is 4.01. The van der Waals surface area contributed by atoms with Crippen LogP contribution < -0.4 is 0 Å². The van der Waals surface area contributed by atoms with E-state index >= 15 is 0 Å². The monoisotopic (exact) mass is 380 g/mol. The maximum absolute atomic E-state index is 4.57. The van der Waals surface area contributed by atoms with E-state index < -0.39 is 0 Å². The summed E-state index contributed by atoms with van der Waals surface area (Å²) in [7, 11) is 0. The SMILES string of the molecule is Cc1ccccc1-n1nnnc1Sc1ncnc2sc3c(c12)CCCC3. The van der Waals surface area contributed by atoms with Crippen molar-refractivity contribution in [1.82, 2.24) is 30.2 Å². The van der Waals surface area contributed by atoms with E-state index in [-0.39, 0.29) is 0 Å². The first-order valence-corrected chi connectivity index (χ1v) is 10.2. The van der Waals surface area contributed by atoms with Crippen LogP contribution in [0.1, 0.15) is 28.8 Å². The van der Waals surface area contributed by atoms with Gasteiger partial charge in [-0.3, -0.25) is 0 Å². The van der Waals surface area contributed by atoms with Crippen LogP contribution in [0.3, 0.4) is 0 Å². The Bertz CT molecular complexity index is 1100. The summed E-state index contributed by atoms with van der Waals surface area (Å²) in [5.74, 6) is 0. The lowest BCUT2D eigenvalue weighted by molar-refractivity contribution is 0.699. The van der Waals surface area contributed by atoms with Gasteiger partial charge in [-0.2, -0.15) is 4.68 Å². The van der Waals surface area contributed by atoms with E-state index in [1.807, 2.05) is 18.2 Å². The zero-order chi connectivity index (χ0) is 17.5. The van der Waals surface area contributed by atoms with E-state index in [4.69, 9.17) is 0 Å². The van der Waals surface area contributed by atoms with Gasteiger partial charge < -0.3 is 0 Å². The summed E-state index contributed by atoms with van der Waals surface area (Å²) in [4.78, 5) is 11.6. The number of aromatic nitrogens is 6. The number of benzene rings is 1. The van der Waals surface area contributed by atoms with Gasteiger partial charge >= 0.3 is 0 Å². The van der Waals surface area contributed by atoms with Crippen molar-refractivity contribution >= 4 is 33.3 Å². The lowest BCUT2D eigenvalue weighted by atomic mass is 9.97. The lowest BCUT2D eigenvalue weighted by Crippen LogP contribution is -2.02. The van der Waals surface area contributed by atoms with Crippen molar-refractivity contribution in [3.8, 4) is 5.69 Å². The van der Waals surface area contributed by atoms with Crippen LogP contribution in [0.5, 0.6) is 0 Å². The van der Waals surface area contributed by atoms with Crippen molar-refractivity contribution in [2.45, 2.75) is 42.8 Å². The van der Waals surface area contributed by atoms with Gasteiger partial charge in [0, 0.05) is 10.3 Å². The molecule has 0 saturated carbocycles. The topological polar surface area (TPSA) is 69.4 Å². The van der Waals surface area contributed by atoms with Gasteiger partial charge in [-0.05, 0) is 72.0 Å². The number of tetrazole rings is 1. The third kappa shape index (κ3) is 2.60. The highest BCUT2D eigenvalue weighted by atomic mass is 32.2. The van der Waals surface area contributed by atoms with Crippen molar-refractivity contribution in [2.24, 2.45) is 0 Å². The molecule has 0 bridgehead atoms. The van der Waals surface area contributed by atoms with E-state index in [0.29, 0.717) is 0 Å². The molecule has 3 heterocycles. The van der Waals surface area contributed by atoms with Crippen LogP contribution in [-0.4, -0.2) is 30.2 Å². The lowest BCUT2D eigenvalue weighted by Gasteiger charge is -2.11. The summed E-state index contributed by atoms with van der Waals surface area (Å²) in [6.45, 7) is 2.06. The molecular weight excluding hydrogens is 364 g/mol. The first-order valence-electron chi connectivity index (χ1n) is 8.59. The molecule has 0 aliphatic heterocycles. The summed E-state index contributed by atoms with van der Waals surface area (Å²) in [6.07, 6.45) is 6.41. The van der Waals surface area contributed by atoms with Gasteiger partial charge in [-0.15, -0.1) is 16.4 Å². The fourth-order valence-electron chi connectivity index (χ4n) is 3.42. The highest BCUT2D eigenvalue weighted by Crippen LogP contribution is 2.40. The Hall–Kier alpha value is -2.32. The number of hydrogen-bond acceptors (Lipinski definition) is 7. The zero-order valence-electron chi connectivity index (χ0n) is 14.2. The molecule has 0 spiro atoms. The van der Waals surface area contributed by atoms with Crippen LogP contribution in [0.2, 0.25) is 0 Å². The Labute approximate surface area is 158 Å². The fourth-order valence-corrected chi connectivity index (χ4v) is 5.61. The average molecular weight is 381 g/mol. The molecule has 26 heavy (non-hydrogen) atoms.